The molecule has 0 unspecified atom stereocenters. The number of H-pyrrole nitrogens is 1. The molecule has 32 heavy (non-hydrogen) atoms. The van der Waals surface area contributed by atoms with E-state index in [-0.39, 0.29) is 5.91 Å². The van der Waals surface area contributed by atoms with Gasteiger partial charge in [0.2, 0.25) is 10.7 Å². The van der Waals surface area contributed by atoms with Gasteiger partial charge >= 0.3 is 0 Å². The van der Waals surface area contributed by atoms with Crippen molar-refractivity contribution in [3.8, 4) is 5.69 Å². The van der Waals surface area contributed by atoms with Gasteiger partial charge in [-0.05, 0) is 36.8 Å². The third-order valence-electron chi connectivity index (χ3n) is 5.87. The minimum atomic E-state index is 0.0585. The second-order valence-electron chi connectivity index (χ2n) is 8.72. The fourth-order valence-corrected chi connectivity index (χ4v) is 4.16. The minimum absolute atomic E-state index is 0.0585. The topological polar surface area (TPSA) is 75.6 Å². The first-order valence-electron chi connectivity index (χ1n) is 12.6. The number of benzene rings is 1. The molecule has 2 rings (SSSR count). The van der Waals surface area contributed by atoms with Crippen molar-refractivity contribution < 1.29 is 4.79 Å². The molecule has 0 aliphatic carbocycles. The van der Waals surface area contributed by atoms with Gasteiger partial charge in [0.05, 0.1) is 5.69 Å². The molecule has 0 saturated heterocycles. The fraction of sp³-hybridized carbons (Fsp3) is 0.680. The van der Waals surface area contributed by atoms with E-state index in [1.54, 1.807) is 4.68 Å². The lowest BCUT2D eigenvalue weighted by molar-refractivity contribution is -0.116. The molecule has 1 aromatic heterocycles. The van der Waals surface area contributed by atoms with Crippen molar-refractivity contribution in [1.82, 2.24) is 20.2 Å². The third kappa shape index (κ3) is 11.0. The maximum atomic E-state index is 12.2. The van der Waals surface area contributed by atoms with E-state index in [0.29, 0.717) is 11.2 Å². The van der Waals surface area contributed by atoms with E-state index in [9.17, 15) is 4.79 Å². The summed E-state index contributed by atoms with van der Waals surface area (Å²) in [5.41, 5.74) is 1.55. The highest BCUT2D eigenvalue weighted by molar-refractivity contribution is 7.71. The molecule has 1 amide bonds. The highest BCUT2D eigenvalue weighted by Gasteiger charge is 2.05. The summed E-state index contributed by atoms with van der Waals surface area (Å²) in [6.07, 6.45) is 20.5. The lowest BCUT2D eigenvalue weighted by Crippen LogP contribution is -2.11. The predicted octanol–water partition coefficient (Wildman–Crippen LogP) is 7.52. The molecule has 2 aromatic rings. The van der Waals surface area contributed by atoms with Crippen LogP contribution in [0.1, 0.15) is 110 Å². The Kier molecular flexibility index (Phi) is 13.6. The zero-order valence-electron chi connectivity index (χ0n) is 19.8. The monoisotopic (exact) mass is 459 g/mol. The first-order valence-corrected chi connectivity index (χ1v) is 13.0. The van der Waals surface area contributed by atoms with E-state index in [1.807, 2.05) is 24.3 Å². The van der Waals surface area contributed by atoms with Crippen LogP contribution in [0.15, 0.2) is 24.3 Å². The lowest BCUT2D eigenvalue weighted by Gasteiger charge is -2.07. The van der Waals surface area contributed by atoms with Crippen LogP contribution in [-0.4, -0.2) is 26.1 Å². The number of aromatic amines is 1. The summed E-state index contributed by atoms with van der Waals surface area (Å²) in [6, 6.07) is 7.50. The van der Waals surface area contributed by atoms with E-state index in [0.717, 1.165) is 24.2 Å². The second-order valence-corrected chi connectivity index (χ2v) is 9.08. The van der Waals surface area contributed by atoms with E-state index in [1.165, 1.54) is 83.5 Å². The molecule has 1 aromatic carbocycles. The number of rotatable bonds is 18. The van der Waals surface area contributed by atoms with Gasteiger partial charge in [-0.15, -0.1) is 0 Å². The number of nitrogens with zero attached hydrogens (tertiary/aromatic N) is 3. The Balaban J connectivity index is 1.44. The van der Waals surface area contributed by atoms with Gasteiger partial charge in [0.15, 0.2) is 0 Å². The van der Waals surface area contributed by atoms with Crippen LogP contribution >= 0.6 is 12.2 Å². The number of unbranched alkanes of at least 4 members (excludes halogenated alkanes) is 14. The van der Waals surface area contributed by atoms with Crippen LogP contribution in [-0.2, 0) is 4.79 Å². The molecular weight excluding hydrogens is 418 g/mol. The summed E-state index contributed by atoms with van der Waals surface area (Å²) in [7, 11) is 0. The summed E-state index contributed by atoms with van der Waals surface area (Å²) in [5.74, 6) is 0.0585. The maximum Gasteiger partial charge on any atom is 0.242 e. The van der Waals surface area contributed by atoms with Crippen LogP contribution in [0.25, 0.3) is 5.69 Å². The van der Waals surface area contributed by atoms with Crippen LogP contribution in [0.3, 0.4) is 0 Å². The molecule has 0 atom stereocenters. The second kappa shape index (κ2) is 16.6. The minimum Gasteiger partial charge on any atom is -0.326 e. The normalized spacial score (nSPS) is 11.0. The summed E-state index contributed by atoms with van der Waals surface area (Å²) in [6.45, 7) is 2.28. The molecule has 7 heteroatoms. The van der Waals surface area contributed by atoms with Crippen molar-refractivity contribution in [3.05, 3.63) is 29.0 Å². The maximum absolute atomic E-state index is 12.2. The Morgan fingerprint density at radius 2 is 1.47 bits per heavy atom. The van der Waals surface area contributed by atoms with Crippen LogP contribution in [0.4, 0.5) is 5.69 Å². The molecule has 0 fully saturated rings. The molecule has 178 valence electrons. The highest BCUT2D eigenvalue weighted by atomic mass is 32.1. The molecule has 0 saturated carbocycles. The SMILES string of the molecule is CCCCCCCCCCCCCCCCCC(=O)Nc1cccc(-n2[nH]nnc2=S)c1. The average molecular weight is 460 g/mol. The van der Waals surface area contributed by atoms with Gasteiger partial charge in [0.25, 0.3) is 0 Å². The lowest BCUT2D eigenvalue weighted by atomic mass is 10.0. The predicted molar refractivity (Wildman–Crippen MR) is 135 cm³/mol. The standard InChI is InChI=1S/C25H41N5OS/c1-2-3-4-5-6-7-8-9-10-11-12-13-14-15-16-20-24(31)26-22-18-17-19-23(21-22)30-25(32)27-28-29-30/h17-19,21H,2-16,20H2,1H3,(H,26,31)(H,27,29,32). The number of aromatic nitrogens is 4. The number of carbonyl (C=O) groups excluding carboxylic acids is 1. The Morgan fingerprint density at radius 1 is 0.906 bits per heavy atom. The van der Waals surface area contributed by atoms with Crippen molar-refractivity contribution in [2.45, 2.75) is 110 Å². The van der Waals surface area contributed by atoms with Crippen molar-refractivity contribution in [3.63, 3.8) is 0 Å². The smallest absolute Gasteiger partial charge is 0.242 e. The van der Waals surface area contributed by atoms with E-state index in [2.05, 4.69) is 27.8 Å². The Labute approximate surface area is 198 Å². The summed E-state index contributed by atoms with van der Waals surface area (Å²) in [4.78, 5) is 12.2. The number of carbonyl (C=O) groups is 1. The summed E-state index contributed by atoms with van der Waals surface area (Å²) < 4.78 is 1.95. The first-order chi connectivity index (χ1) is 15.7. The van der Waals surface area contributed by atoms with Crippen molar-refractivity contribution in [2.24, 2.45) is 0 Å². The Bertz CT molecular complexity index is 816. The van der Waals surface area contributed by atoms with Gasteiger partial charge in [-0.3, -0.25) is 4.79 Å². The summed E-state index contributed by atoms with van der Waals surface area (Å²) in [5, 5.41) is 13.2. The first kappa shape index (κ1) is 26.2. The molecule has 0 radical (unpaired) electrons. The Hall–Kier alpha value is -2.02. The molecule has 0 spiro atoms. The quantitative estimate of drug-likeness (QED) is 0.178. The molecular formula is C25H41N5OS. The number of amides is 1. The molecule has 2 N–H and O–H groups in total. The van der Waals surface area contributed by atoms with E-state index >= 15 is 0 Å². The largest absolute Gasteiger partial charge is 0.326 e. The zero-order chi connectivity index (χ0) is 22.9. The molecule has 0 bridgehead atoms. The number of nitrogens with one attached hydrogen (secondary N) is 2. The van der Waals surface area contributed by atoms with Crippen LogP contribution in [0.2, 0.25) is 0 Å². The van der Waals surface area contributed by atoms with Crippen LogP contribution in [0.5, 0.6) is 0 Å². The van der Waals surface area contributed by atoms with Crippen LogP contribution in [0, 0.1) is 4.77 Å². The van der Waals surface area contributed by atoms with E-state index in [4.69, 9.17) is 12.2 Å². The molecule has 1 heterocycles. The van der Waals surface area contributed by atoms with Crippen molar-refractivity contribution >= 4 is 23.8 Å². The Morgan fingerprint density at radius 3 is 2.00 bits per heavy atom. The van der Waals surface area contributed by atoms with Crippen LogP contribution < -0.4 is 5.32 Å². The molecule has 0 aliphatic rings. The summed E-state index contributed by atoms with van der Waals surface area (Å²) >= 11 is 5.12. The average Bonchev–Trinajstić information content (AvgIpc) is 3.22. The van der Waals surface area contributed by atoms with Gasteiger partial charge in [-0.1, -0.05) is 113 Å². The van der Waals surface area contributed by atoms with Crippen molar-refractivity contribution in [2.75, 3.05) is 5.32 Å². The van der Waals surface area contributed by atoms with Gasteiger partial charge < -0.3 is 5.32 Å². The van der Waals surface area contributed by atoms with Gasteiger partial charge in [-0.25, -0.2) is 4.68 Å². The number of anilines is 1. The van der Waals surface area contributed by atoms with Gasteiger partial charge in [0, 0.05) is 12.1 Å². The highest BCUT2D eigenvalue weighted by Crippen LogP contribution is 2.16. The van der Waals surface area contributed by atoms with Gasteiger partial charge in [0.1, 0.15) is 0 Å². The van der Waals surface area contributed by atoms with Crippen molar-refractivity contribution in [1.29, 1.82) is 0 Å². The zero-order valence-corrected chi connectivity index (χ0v) is 20.6. The van der Waals surface area contributed by atoms with Gasteiger partial charge in [-0.2, -0.15) is 5.21 Å². The number of hydrogen-bond donors (Lipinski definition) is 2. The molecule has 0 aliphatic heterocycles. The number of tetrazole rings is 1. The third-order valence-corrected chi connectivity index (χ3v) is 6.13. The number of hydrogen-bond acceptors (Lipinski definition) is 4. The fourth-order valence-electron chi connectivity index (χ4n) is 3.97. The van der Waals surface area contributed by atoms with E-state index < -0.39 is 0 Å². The molecule has 6 nitrogen and oxygen atoms in total.